The lowest BCUT2D eigenvalue weighted by atomic mass is 10.0. The number of rotatable bonds is 6. The van der Waals surface area contributed by atoms with Crippen LogP contribution >= 0.6 is 0 Å². The Morgan fingerprint density at radius 3 is 2.76 bits per heavy atom. The molecule has 2 unspecified atom stereocenters. The lowest BCUT2D eigenvalue weighted by Crippen LogP contribution is -2.52. The van der Waals surface area contributed by atoms with Gasteiger partial charge in [-0.2, -0.15) is 0 Å². The van der Waals surface area contributed by atoms with Crippen LogP contribution in [0.4, 0.5) is 4.39 Å². The summed E-state index contributed by atoms with van der Waals surface area (Å²) in [5.41, 5.74) is 0.789. The molecule has 0 spiro atoms. The molecule has 118 valence electrons. The molecule has 2 rings (SSSR count). The van der Waals surface area contributed by atoms with Crippen molar-refractivity contribution in [2.45, 2.75) is 32.4 Å². The number of halogens is 1. The fourth-order valence-corrected chi connectivity index (χ4v) is 3.03. The number of nitrogens with zero attached hydrogens (tertiary/aromatic N) is 2. The first-order valence-corrected chi connectivity index (χ1v) is 8.02. The molecule has 2 atom stereocenters. The van der Waals surface area contributed by atoms with Crippen molar-refractivity contribution in [1.82, 2.24) is 15.1 Å². The first-order chi connectivity index (χ1) is 10.1. The summed E-state index contributed by atoms with van der Waals surface area (Å²) in [4.78, 5) is 4.83. The Morgan fingerprint density at radius 2 is 2.10 bits per heavy atom. The second kappa shape index (κ2) is 7.87. The molecule has 1 aromatic rings. The summed E-state index contributed by atoms with van der Waals surface area (Å²) in [6.45, 7) is 9.41. The zero-order chi connectivity index (χ0) is 15.2. The van der Waals surface area contributed by atoms with Gasteiger partial charge in [0.2, 0.25) is 0 Å². The molecule has 4 heteroatoms. The molecular formula is C17H28FN3. The molecule has 0 bridgehead atoms. The summed E-state index contributed by atoms with van der Waals surface area (Å²) in [6.07, 6.45) is 1.06. The predicted octanol–water partition coefficient (Wildman–Crippen LogP) is 2.50. The topological polar surface area (TPSA) is 18.5 Å². The molecule has 0 radical (unpaired) electrons. The van der Waals surface area contributed by atoms with Crippen molar-refractivity contribution in [2.75, 3.05) is 39.8 Å². The number of benzene rings is 1. The molecule has 1 aromatic carbocycles. The third-order valence-electron chi connectivity index (χ3n) is 4.31. The van der Waals surface area contributed by atoms with Crippen LogP contribution in [0.2, 0.25) is 0 Å². The molecule has 1 saturated heterocycles. The van der Waals surface area contributed by atoms with Gasteiger partial charge < -0.3 is 10.2 Å². The van der Waals surface area contributed by atoms with E-state index in [1.807, 2.05) is 12.1 Å². The maximum Gasteiger partial charge on any atom is 0.128 e. The van der Waals surface area contributed by atoms with Crippen molar-refractivity contribution in [3.05, 3.63) is 35.6 Å². The van der Waals surface area contributed by atoms with E-state index < -0.39 is 0 Å². The summed E-state index contributed by atoms with van der Waals surface area (Å²) >= 11 is 0. The van der Waals surface area contributed by atoms with Gasteiger partial charge in [0.25, 0.3) is 0 Å². The zero-order valence-electron chi connectivity index (χ0n) is 13.5. The van der Waals surface area contributed by atoms with E-state index in [2.05, 4.69) is 36.0 Å². The summed E-state index contributed by atoms with van der Waals surface area (Å²) in [6, 6.07) is 7.73. The number of piperazine rings is 1. The second-order valence-corrected chi connectivity index (χ2v) is 6.13. The molecule has 3 nitrogen and oxygen atoms in total. The highest BCUT2D eigenvalue weighted by Crippen LogP contribution is 2.20. The zero-order valence-corrected chi connectivity index (χ0v) is 13.5. The van der Waals surface area contributed by atoms with E-state index in [1.165, 1.54) is 0 Å². The van der Waals surface area contributed by atoms with E-state index in [-0.39, 0.29) is 11.9 Å². The minimum Gasteiger partial charge on any atom is -0.309 e. The first-order valence-electron chi connectivity index (χ1n) is 8.02. The average Bonchev–Trinajstić information content (AvgIpc) is 2.46. The fraction of sp³-hybridized carbons (Fsp3) is 0.647. The first kappa shape index (κ1) is 16.4. The Bertz CT molecular complexity index is 438. The van der Waals surface area contributed by atoms with E-state index in [4.69, 9.17) is 0 Å². The lowest BCUT2D eigenvalue weighted by Gasteiger charge is -2.40. The standard InChI is InChI=1S/C17H28FN3/c1-4-9-19-17(15-7-5-6-8-16(15)18)13-21-11-10-20(3)12-14(21)2/h5-8,14,17,19H,4,9-13H2,1-3H3. The van der Waals surface area contributed by atoms with Gasteiger partial charge in [0.05, 0.1) is 0 Å². The molecular weight excluding hydrogens is 265 g/mol. The normalized spacial score (nSPS) is 22.4. The lowest BCUT2D eigenvalue weighted by molar-refractivity contribution is 0.0899. The van der Waals surface area contributed by atoms with Crippen LogP contribution in [0.5, 0.6) is 0 Å². The highest BCUT2D eigenvalue weighted by molar-refractivity contribution is 5.21. The Morgan fingerprint density at radius 1 is 1.33 bits per heavy atom. The predicted molar refractivity (Wildman–Crippen MR) is 86.0 cm³/mol. The van der Waals surface area contributed by atoms with Crippen molar-refractivity contribution in [1.29, 1.82) is 0 Å². The van der Waals surface area contributed by atoms with Crippen LogP contribution in [0.3, 0.4) is 0 Å². The van der Waals surface area contributed by atoms with E-state index in [0.717, 1.165) is 44.7 Å². The van der Waals surface area contributed by atoms with Gasteiger partial charge in [0.15, 0.2) is 0 Å². The average molecular weight is 293 g/mol. The largest absolute Gasteiger partial charge is 0.309 e. The monoisotopic (exact) mass is 293 g/mol. The van der Waals surface area contributed by atoms with Crippen LogP contribution in [0.25, 0.3) is 0 Å². The number of hydrogen-bond acceptors (Lipinski definition) is 3. The molecule has 0 aromatic heterocycles. The van der Waals surface area contributed by atoms with Crippen LogP contribution < -0.4 is 5.32 Å². The van der Waals surface area contributed by atoms with Gasteiger partial charge in [-0.3, -0.25) is 4.90 Å². The number of hydrogen-bond donors (Lipinski definition) is 1. The van der Waals surface area contributed by atoms with E-state index >= 15 is 0 Å². The maximum absolute atomic E-state index is 14.1. The highest BCUT2D eigenvalue weighted by Gasteiger charge is 2.25. The quantitative estimate of drug-likeness (QED) is 0.869. The maximum atomic E-state index is 14.1. The van der Waals surface area contributed by atoms with Crippen LogP contribution in [-0.2, 0) is 0 Å². The van der Waals surface area contributed by atoms with Gasteiger partial charge in [-0.1, -0.05) is 25.1 Å². The minimum atomic E-state index is -0.104. The van der Waals surface area contributed by atoms with Crippen LogP contribution in [0.15, 0.2) is 24.3 Å². The minimum absolute atomic E-state index is 0.0667. The smallest absolute Gasteiger partial charge is 0.128 e. The van der Waals surface area contributed by atoms with Crippen molar-refractivity contribution in [2.24, 2.45) is 0 Å². The fourth-order valence-electron chi connectivity index (χ4n) is 3.03. The van der Waals surface area contributed by atoms with Crippen LogP contribution in [-0.4, -0.2) is 55.6 Å². The molecule has 0 saturated carbocycles. The molecule has 1 fully saturated rings. The third-order valence-corrected chi connectivity index (χ3v) is 4.31. The van der Waals surface area contributed by atoms with Crippen molar-refractivity contribution >= 4 is 0 Å². The Kier molecular flexibility index (Phi) is 6.15. The van der Waals surface area contributed by atoms with Gasteiger partial charge in [-0.15, -0.1) is 0 Å². The summed E-state index contributed by atoms with van der Waals surface area (Å²) in [7, 11) is 2.16. The van der Waals surface area contributed by atoms with Crippen molar-refractivity contribution in [3.63, 3.8) is 0 Å². The Balaban J connectivity index is 2.08. The summed E-state index contributed by atoms with van der Waals surface area (Å²) < 4.78 is 14.1. The van der Waals surface area contributed by atoms with Crippen molar-refractivity contribution in [3.8, 4) is 0 Å². The van der Waals surface area contributed by atoms with E-state index in [0.29, 0.717) is 6.04 Å². The third kappa shape index (κ3) is 4.50. The summed E-state index contributed by atoms with van der Waals surface area (Å²) in [5.74, 6) is -0.104. The molecule has 1 heterocycles. The Hall–Kier alpha value is -0.970. The SMILES string of the molecule is CCCNC(CN1CCN(C)CC1C)c1ccccc1F. The highest BCUT2D eigenvalue weighted by atomic mass is 19.1. The summed E-state index contributed by atoms with van der Waals surface area (Å²) in [5, 5.41) is 3.51. The van der Waals surface area contributed by atoms with Gasteiger partial charge in [0.1, 0.15) is 5.82 Å². The number of likely N-dealkylation sites (N-methyl/N-ethyl adjacent to an activating group) is 1. The van der Waals surface area contributed by atoms with Crippen LogP contribution in [0.1, 0.15) is 31.9 Å². The Labute approximate surface area is 128 Å². The molecule has 1 aliphatic heterocycles. The van der Waals surface area contributed by atoms with Gasteiger partial charge in [-0.05, 0) is 33.0 Å². The van der Waals surface area contributed by atoms with Crippen LogP contribution in [0, 0.1) is 5.82 Å². The molecule has 21 heavy (non-hydrogen) atoms. The molecule has 1 N–H and O–H groups in total. The number of nitrogens with one attached hydrogen (secondary N) is 1. The molecule has 1 aliphatic rings. The van der Waals surface area contributed by atoms with E-state index in [9.17, 15) is 4.39 Å². The van der Waals surface area contributed by atoms with E-state index in [1.54, 1.807) is 12.1 Å². The van der Waals surface area contributed by atoms with Gasteiger partial charge in [0, 0.05) is 43.8 Å². The van der Waals surface area contributed by atoms with Crippen molar-refractivity contribution < 1.29 is 4.39 Å². The molecule has 0 amide bonds. The molecule has 0 aliphatic carbocycles. The second-order valence-electron chi connectivity index (χ2n) is 6.13. The van der Waals surface area contributed by atoms with Gasteiger partial charge >= 0.3 is 0 Å². The van der Waals surface area contributed by atoms with Gasteiger partial charge in [-0.25, -0.2) is 4.39 Å².